The predicted octanol–water partition coefficient (Wildman–Crippen LogP) is 3.87. The zero-order valence-corrected chi connectivity index (χ0v) is 7.64. The topological polar surface area (TPSA) is 0 Å². The van der Waals surface area contributed by atoms with Crippen molar-refractivity contribution in [2.75, 3.05) is 0 Å². The lowest BCUT2D eigenvalue weighted by Crippen LogP contribution is -1.71. The normalized spacial score (nSPS) is 12.4. The fourth-order valence-electron chi connectivity index (χ4n) is 0.893. The van der Waals surface area contributed by atoms with Crippen molar-refractivity contribution >= 4 is 0 Å². The van der Waals surface area contributed by atoms with Crippen molar-refractivity contribution < 1.29 is 0 Å². The van der Waals surface area contributed by atoms with Gasteiger partial charge in [0.15, 0.2) is 0 Å². The van der Waals surface area contributed by atoms with E-state index in [0.29, 0.717) is 0 Å². The molecular weight excluding hydrogens is 132 g/mol. The van der Waals surface area contributed by atoms with E-state index in [-0.39, 0.29) is 0 Å². The minimum atomic E-state index is 0.986. The summed E-state index contributed by atoms with van der Waals surface area (Å²) in [7, 11) is 0. The van der Waals surface area contributed by atoms with Gasteiger partial charge in [0.05, 0.1) is 0 Å². The quantitative estimate of drug-likeness (QED) is 0.522. The lowest BCUT2D eigenvalue weighted by atomic mass is 10.1. The van der Waals surface area contributed by atoms with E-state index in [9.17, 15) is 0 Å². The highest BCUT2D eigenvalue weighted by Gasteiger charge is 1.81. The maximum Gasteiger partial charge on any atom is -0.0141 e. The lowest BCUT2D eigenvalue weighted by Gasteiger charge is -1.92. The molecule has 0 amide bonds. The van der Waals surface area contributed by atoms with Crippen molar-refractivity contribution in [1.82, 2.24) is 0 Å². The Balaban J connectivity index is 3.51. The van der Waals surface area contributed by atoms with Crippen LogP contribution < -0.4 is 0 Å². The maximum absolute atomic E-state index is 3.65. The van der Waals surface area contributed by atoms with Crippen LogP contribution in [0.2, 0.25) is 0 Å². The predicted molar refractivity (Wildman–Crippen MR) is 52.6 cm³/mol. The summed E-state index contributed by atoms with van der Waals surface area (Å²) in [5.74, 6) is 0. The summed E-state index contributed by atoms with van der Waals surface area (Å²) in [6.07, 6.45) is 11.7. The molecule has 0 unspecified atom stereocenters. The minimum Gasteiger partial charge on any atom is -0.103 e. The van der Waals surface area contributed by atoms with Crippen LogP contribution in [0.3, 0.4) is 0 Å². The van der Waals surface area contributed by atoms with Gasteiger partial charge in [0, 0.05) is 0 Å². The first kappa shape index (κ1) is 10.2. The Labute approximate surface area is 70.3 Å². The average molecular weight is 150 g/mol. The second-order valence-electron chi connectivity index (χ2n) is 2.66. The van der Waals surface area contributed by atoms with Gasteiger partial charge in [-0.05, 0) is 26.2 Å². The molecular formula is C11H18. The van der Waals surface area contributed by atoms with Gasteiger partial charge in [0.25, 0.3) is 0 Å². The van der Waals surface area contributed by atoms with Crippen LogP contribution in [-0.4, -0.2) is 0 Å². The van der Waals surface area contributed by atoms with Crippen molar-refractivity contribution in [1.29, 1.82) is 0 Å². The van der Waals surface area contributed by atoms with Crippen molar-refractivity contribution in [2.24, 2.45) is 0 Å². The minimum absolute atomic E-state index is 0.986. The number of rotatable bonds is 5. The first-order valence-corrected chi connectivity index (χ1v) is 4.22. The summed E-state index contributed by atoms with van der Waals surface area (Å²) < 4.78 is 0. The molecule has 0 heterocycles. The van der Waals surface area contributed by atoms with Gasteiger partial charge in [0.2, 0.25) is 0 Å². The number of hydrogen-bond donors (Lipinski definition) is 0. The van der Waals surface area contributed by atoms with E-state index in [2.05, 4.69) is 38.7 Å². The van der Waals surface area contributed by atoms with E-state index in [0.717, 1.165) is 19.3 Å². The van der Waals surface area contributed by atoms with Crippen molar-refractivity contribution in [3.63, 3.8) is 0 Å². The summed E-state index contributed by atoms with van der Waals surface area (Å²) in [5.41, 5.74) is 1.45. The Hall–Kier alpha value is -0.780. The van der Waals surface area contributed by atoms with E-state index in [1.165, 1.54) is 5.57 Å². The molecule has 0 aromatic carbocycles. The van der Waals surface area contributed by atoms with E-state index < -0.39 is 0 Å². The molecule has 0 fully saturated rings. The molecule has 0 atom stereocenters. The molecule has 62 valence electrons. The van der Waals surface area contributed by atoms with E-state index in [1.807, 2.05) is 6.08 Å². The van der Waals surface area contributed by atoms with E-state index >= 15 is 0 Å². The Kier molecular flexibility index (Phi) is 6.81. The number of allylic oxidation sites excluding steroid dienone is 5. The summed E-state index contributed by atoms with van der Waals surface area (Å²) in [4.78, 5) is 0. The molecule has 0 rings (SSSR count). The van der Waals surface area contributed by atoms with Crippen molar-refractivity contribution in [3.05, 3.63) is 36.5 Å². The Morgan fingerprint density at radius 1 is 1.36 bits per heavy atom. The average Bonchev–Trinajstić information content (AvgIpc) is 1.99. The van der Waals surface area contributed by atoms with Crippen LogP contribution in [0.15, 0.2) is 36.5 Å². The molecule has 0 heteroatoms. The highest BCUT2D eigenvalue weighted by molar-refractivity contribution is 5.04. The molecule has 0 aromatic heterocycles. The smallest absolute Gasteiger partial charge is 0.0141 e. The summed E-state index contributed by atoms with van der Waals surface area (Å²) in [5, 5.41) is 0. The van der Waals surface area contributed by atoms with Gasteiger partial charge in [-0.25, -0.2) is 0 Å². The van der Waals surface area contributed by atoms with Crippen LogP contribution in [-0.2, 0) is 0 Å². The Bertz CT molecular complexity index is 149. The molecule has 0 aliphatic rings. The SMILES string of the molecule is C=CCC=CCC(C)=CCC. The van der Waals surface area contributed by atoms with Gasteiger partial charge in [0.1, 0.15) is 0 Å². The van der Waals surface area contributed by atoms with Crippen LogP contribution in [0.1, 0.15) is 33.1 Å². The molecule has 0 bridgehead atoms. The third-order valence-electron chi connectivity index (χ3n) is 1.46. The first-order valence-electron chi connectivity index (χ1n) is 4.22. The third-order valence-corrected chi connectivity index (χ3v) is 1.46. The van der Waals surface area contributed by atoms with Crippen LogP contribution in [0.25, 0.3) is 0 Å². The third kappa shape index (κ3) is 7.11. The highest BCUT2D eigenvalue weighted by Crippen LogP contribution is 2.02. The van der Waals surface area contributed by atoms with Crippen LogP contribution in [0, 0.1) is 0 Å². The lowest BCUT2D eigenvalue weighted by molar-refractivity contribution is 1.12. The van der Waals surface area contributed by atoms with E-state index in [1.54, 1.807) is 0 Å². The fraction of sp³-hybridized carbons (Fsp3) is 0.455. The standard InChI is InChI=1S/C11H18/c1-4-6-7-8-10-11(3)9-5-2/h4,7-9H,1,5-6,10H2,2-3H3. The van der Waals surface area contributed by atoms with Crippen molar-refractivity contribution in [2.45, 2.75) is 33.1 Å². The zero-order chi connectivity index (χ0) is 8.53. The van der Waals surface area contributed by atoms with Gasteiger partial charge in [-0.3, -0.25) is 0 Å². The van der Waals surface area contributed by atoms with Gasteiger partial charge < -0.3 is 0 Å². The van der Waals surface area contributed by atoms with Gasteiger partial charge in [-0.2, -0.15) is 0 Å². The summed E-state index contributed by atoms with van der Waals surface area (Å²) in [6.45, 7) is 7.98. The highest BCUT2D eigenvalue weighted by atomic mass is 13.9. The molecule has 0 aliphatic heterocycles. The molecule has 0 nitrogen and oxygen atoms in total. The summed E-state index contributed by atoms with van der Waals surface area (Å²) in [6, 6.07) is 0. The van der Waals surface area contributed by atoms with Crippen LogP contribution in [0.5, 0.6) is 0 Å². The molecule has 11 heavy (non-hydrogen) atoms. The van der Waals surface area contributed by atoms with Gasteiger partial charge in [-0.1, -0.05) is 36.8 Å². The molecule has 0 radical (unpaired) electrons. The largest absolute Gasteiger partial charge is 0.103 e. The Morgan fingerprint density at radius 3 is 2.64 bits per heavy atom. The number of hydrogen-bond acceptors (Lipinski definition) is 0. The van der Waals surface area contributed by atoms with Gasteiger partial charge >= 0.3 is 0 Å². The molecule has 0 N–H and O–H groups in total. The first-order chi connectivity index (χ1) is 5.31. The fourth-order valence-corrected chi connectivity index (χ4v) is 0.893. The van der Waals surface area contributed by atoms with Gasteiger partial charge in [-0.15, -0.1) is 6.58 Å². The molecule has 0 spiro atoms. The molecule has 0 aliphatic carbocycles. The van der Waals surface area contributed by atoms with Crippen LogP contribution in [0.4, 0.5) is 0 Å². The van der Waals surface area contributed by atoms with Crippen LogP contribution >= 0.6 is 0 Å². The van der Waals surface area contributed by atoms with Crippen molar-refractivity contribution in [3.8, 4) is 0 Å². The zero-order valence-electron chi connectivity index (χ0n) is 7.64. The molecule has 0 aromatic rings. The summed E-state index contributed by atoms with van der Waals surface area (Å²) >= 11 is 0. The molecule has 0 saturated heterocycles. The second kappa shape index (κ2) is 7.33. The monoisotopic (exact) mass is 150 g/mol. The Morgan fingerprint density at radius 2 is 2.09 bits per heavy atom. The second-order valence-corrected chi connectivity index (χ2v) is 2.66. The van der Waals surface area contributed by atoms with E-state index in [4.69, 9.17) is 0 Å². The molecule has 0 saturated carbocycles. The maximum atomic E-state index is 3.65.